The number of carbonyl (C=O) groups excluding carboxylic acids is 1. The van der Waals surface area contributed by atoms with E-state index in [1.165, 1.54) is 0 Å². The number of rotatable bonds is 7. The normalized spacial score (nSPS) is 16.4. The molecular formula is C20H25N3O3. The number of hydrogen-bond donors (Lipinski definition) is 1. The van der Waals surface area contributed by atoms with Crippen LogP contribution >= 0.6 is 0 Å². The molecule has 0 radical (unpaired) electrons. The molecule has 0 spiro atoms. The number of amides is 2. The standard InChI is InChI=1S/C20H25N3O3/c1-25-15-17-7-2-3-9-19(17)22-20(24)23(14-18-8-5-11-26-18)13-16-6-4-10-21-12-16/h2-4,6-7,9-10,12,18H,5,8,11,13-15H2,1H3,(H,22,24)/t18-/m1/s1. The summed E-state index contributed by atoms with van der Waals surface area (Å²) in [5.41, 5.74) is 2.70. The quantitative estimate of drug-likeness (QED) is 0.826. The van der Waals surface area contributed by atoms with E-state index in [1.54, 1.807) is 24.4 Å². The molecule has 6 heteroatoms. The van der Waals surface area contributed by atoms with E-state index >= 15 is 0 Å². The molecule has 26 heavy (non-hydrogen) atoms. The summed E-state index contributed by atoms with van der Waals surface area (Å²) >= 11 is 0. The average Bonchev–Trinajstić information content (AvgIpc) is 3.17. The minimum absolute atomic E-state index is 0.0895. The molecule has 2 aromatic rings. The Bertz CT molecular complexity index is 702. The van der Waals surface area contributed by atoms with Crippen LogP contribution in [0.15, 0.2) is 48.8 Å². The third-order valence-corrected chi connectivity index (χ3v) is 4.39. The molecule has 1 aromatic carbocycles. The number of nitrogens with zero attached hydrogens (tertiary/aromatic N) is 2. The van der Waals surface area contributed by atoms with Crippen LogP contribution in [0.3, 0.4) is 0 Å². The van der Waals surface area contributed by atoms with E-state index in [0.717, 1.165) is 36.3 Å². The zero-order valence-corrected chi connectivity index (χ0v) is 15.1. The highest BCUT2D eigenvalue weighted by Gasteiger charge is 2.23. The first kappa shape index (κ1) is 18.4. The second-order valence-electron chi connectivity index (χ2n) is 6.40. The van der Waals surface area contributed by atoms with Gasteiger partial charge in [-0.1, -0.05) is 24.3 Å². The number of benzene rings is 1. The van der Waals surface area contributed by atoms with Gasteiger partial charge in [0.25, 0.3) is 0 Å². The van der Waals surface area contributed by atoms with E-state index in [0.29, 0.717) is 19.7 Å². The summed E-state index contributed by atoms with van der Waals surface area (Å²) in [7, 11) is 1.64. The van der Waals surface area contributed by atoms with Crippen molar-refractivity contribution in [3.63, 3.8) is 0 Å². The molecule has 1 aliphatic rings. The molecule has 2 amide bonds. The largest absolute Gasteiger partial charge is 0.380 e. The smallest absolute Gasteiger partial charge is 0.322 e. The Morgan fingerprint density at radius 3 is 2.96 bits per heavy atom. The number of pyridine rings is 1. The minimum atomic E-state index is -0.145. The molecule has 1 fully saturated rings. The molecular weight excluding hydrogens is 330 g/mol. The van der Waals surface area contributed by atoms with Gasteiger partial charge in [-0.15, -0.1) is 0 Å². The van der Waals surface area contributed by atoms with Crippen LogP contribution in [0.2, 0.25) is 0 Å². The number of para-hydroxylation sites is 1. The van der Waals surface area contributed by atoms with Crippen molar-refractivity contribution in [2.45, 2.75) is 32.1 Å². The van der Waals surface area contributed by atoms with Gasteiger partial charge in [0.2, 0.25) is 0 Å². The van der Waals surface area contributed by atoms with Crippen LogP contribution in [0.25, 0.3) is 0 Å². The number of ether oxygens (including phenoxy) is 2. The van der Waals surface area contributed by atoms with Crippen LogP contribution in [0.1, 0.15) is 24.0 Å². The van der Waals surface area contributed by atoms with E-state index < -0.39 is 0 Å². The molecule has 1 N–H and O–H groups in total. The van der Waals surface area contributed by atoms with Gasteiger partial charge < -0.3 is 19.7 Å². The lowest BCUT2D eigenvalue weighted by atomic mass is 10.2. The molecule has 6 nitrogen and oxygen atoms in total. The van der Waals surface area contributed by atoms with Crippen molar-refractivity contribution in [1.82, 2.24) is 9.88 Å². The maximum atomic E-state index is 13.0. The lowest BCUT2D eigenvalue weighted by Gasteiger charge is -2.26. The Morgan fingerprint density at radius 1 is 1.35 bits per heavy atom. The number of methoxy groups -OCH3 is 1. The highest BCUT2D eigenvalue weighted by atomic mass is 16.5. The van der Waals surface area contributed by atoms with Gasteiger partial charge in [-0.25, -0.2) is 4.79 Å². The van der Waals surface area contributed by atoms with Crippen LogP contribution in [-0.2, 0) is 22.6 Å². The summed E-state index contributed by atoms with van der Waals surface area (Å²) in [4.78, 5) is 18.9. The maximum absolute atomic E-state index is 13.0. The Hall–Kier alpha value is -2.44. The third-order valence-electron chi connectivity index (χ3n) is 4.39. The van der Waals surface area contributed by atoms with Crippen molar-refractivity contribution in [1.29, 1.82) is 0 Å². The Balaban J connectivity index is 1.73. The molecule has 3 rings (SSSR count). The van der Waals surface area contributed by atoms with Gasteiger partial charge in [-0.3, -0.25) is 4.98 Å². The van der Waals surface area contributed by atoms with Gasteiger partial charge >= 0.3 is 6.03 Å². The van der Waals surface area contributed by atoms with Crippen molar-refractivity contribution >= 4 is 11.7 Å². The van der Waals surface area contributed by atoms with Gasteiger partial charge in [0.1, 0.15) is 0 Å². The van der Waals surface area contributed by atoms with Crippen LogP contribution in [0.4, 0.5) is 10.5 Å². The summed E-state index contributed by atoms with van der Waals surface area (Å²) in [5, 5.41) is 3.02. The van der Waals surface area contributed by atoms with Crippen LogP contribution in [0, 0.1) is 0 Å². The Labute approximate surface area is 154 Å². The summed E-state index contributed by atoms with van der Waals surface area (Å²) in [6.45, 7) is 2.27. The van der Waals surface area contributed by atoms with Crippen molar-refractivity contribution in [2.24, 2.45) is 0 Å². The van der Waals surface area contributed by atoms with Crippen molar-refractivity contribution in [3.8, 4) is 0 Å². The second kappa shape index (κ2) is 9.31. The summed E-state index contributed by atoms with van der Waals surface area (Å²) < 4.78 is 10.9. The lowest BCUT2D eigenvalue weighted by molar-refractivity contribution is 0.0819. The number of carbonyl (C=O) groups is 1. The predicted molar refractivity (Wildman–Crippen MR) is 99.8 cm³/mol. The van der Waals surface area contributed by atoms with Gasteiger partial charge in [-0.2, -0.15) is 0 Å². The fourth-order valence-electron chi connectivity index (χ4n) is 3.08. The molecule has 0 aliphatic carbocycles. The van der Waals surface area contributed by atoms with Crippen molar-refractivity contribution < 1.29 is 14.3 Å². The van der Waals surface area contributed by atoms with E-state index in [-0.39, 0.29) is 12.1 Å². The molecule has 1 aromatic heterocycles. The number of nitrogens with one attached hydrogen (secondary N) is 1. The molecule has 1 atom stereocenters. The number of urea groups is 1. The number of hydrogen-bond acceptors (Lipinski definition) is 4. The van der Waals surface area contributed by atoms with Gasteiger partial charge in [0, 0.05) is 50.5 Å². The van der Waals surface area contributed by atoms with Crippen molar-refractivity contribution in [3.05, 3.63) is 59.9 Å². The van der Waals surface area contributed by atoms with E-state index in [4.69, 9.17) is 9.47 Å². The van der Waals surface area contributed by atoms with Crippen molar-refractivity contribution in [2.75, 3.05) is 25.6 Å². The van der Waals surface area contributed by atoms with E-state index in [9.17, 15) is 4.79 Å². The fraction of sp³-hybridized carbons (Fsp3) is 0.400. The first-order chi connectivity index (χ1) is 12.8. The average molecular weight is 355 g/mol. The second-order valence-corrected chi connectivity index (χ2v) is 6.40. The SMILES string of the molecule is COCc1ccccc1NC(=O)N(Cc1cccnc1)C[C@H]1CCCO1. The third kappa shape index (κ3) is 5.03. The monoisotopic (exact) mass is 355 g/mol. The Morgan fingerprint density at radius 2 is 2.23 bits per heavy atom. The molecule has 0 bridgehead atoms. The number of anilines is 1. The van der Waals surface area contributed by atoms with E-state index in [2.05, 4.69) is 10.3 Å². The Kier molecular flexibility index (Phi) is 6.57. The summed E-state index contributed by atoms with van der Waals surface area (Å²) in [6.07, 6.45) is 5.64. The van der Waals surface area contributed by atoms with Gasteiger partial charge in [0.05, 0.1) is 12.7 Å². The fourth-order valence-corrected chi connectivity index (χ4v) is 3.08. The molecule has 138 valence electrons. The van der Waals surface area contributed by atoms with Crippen LogP contribution < -0.4 is 5.32 Å². The van der Waals surface area contributed by atoms with Gasteiger partial charge in [-0.05, 0) is 30.5 Å². The van der Waals surface area contributed by atoms with Crippen LogP contribution in [-0.4, -0.2) is 42.3 Å². The number of aromatic nitrogens is 1. The molecule has 1 saturated heterocycles. The molecule has 0 unspecified atom stereocenters. The zero-order chi connectivity index (χ0) is 18.2. The van der Waals surface area contributed by atoms with E-state index in [1.807, 2.05) is 36.4 Å². The van der Waals surface area contributed by atoms with Gasteiger partial charge in [0.15, 0.2) is 0 Å². The zero-order valence-electron chi connectivity index (χ0n) is 15.1. The molecule has 0 saturated carbocycles. The molecule has 2 heterocycles. The first-order valence-electron chi connectivity index (χ1n) is 8.89. The first-order valence-corrected chi connectivity index (χ1v) is 8.89. The maximum Gasteiger partial charge on any atom is 0.322 e. The highest BCUT2D eigenvalue weighted by Crippen LogP contribution is 2.19. The minimum Gasteiger partial charge on any atom is -0.380 e. The highest BCUT2D eigenvalue weighted by molar-refractivity contribution is 5.90. The lowest BCUT2D eigenvalue weighted by Crippen LogP contribution is -2.39. The van der Waals surface area contributed by atoms with Crippen LogP contribution in [0.5, 0.6) is 0 Å². The summed E-state index contributed by atoms with van der Waals surface area (Å²) in [5.74, 6) is 0. The topological polar surface area (TPSA) is 63.7 Å². The molecule has 1 aliphatic heterocycles. The summed E-state index contributed by atoms with van der Waals surface area (Å²) in [6, 6.07) is 11.4. The predicted octanol–water partition coefficient (Wildman–Crippen LogP) is 3.44.